The summed E-state index contributed by atoms with van der Waals surface area (Å²) in [6, 6.07) is 25.2. The average Bonchev–Trinajstić information content (AvgIpc) is 3.23. The topological polar surface area (TPSA) is 78.4 Å². The molecule has 0 saturated heterocycles. The van der Waals surface area contributed by atoms with Gasteiger partial charge in [0.1, 0.15) is 11.6 Å². The molecule has 3 aromatic carbocycles. The van der Waals surface area contributed by atoms with Gasteiger partial charge in [0, 0.05) is 0 Å². The molecule has 0 atom stereocenters. The molecule has 0 aliphatic carbocycles. The molecule has 0 aliphatic heterocycles. The van der Waals surface area contributed by atoms with Gasteiger partial charge in [0.25, 0.3) is 0 Å². The van der Waals surface area contributed by atoms with Crippen LogP contribution in [0.15, 0.2) is 72.8 Å². The number of nitriles is 1. The molecule has 0 aliphatic rings. The van der Waals surface area contributed by atoms with Crippen molar-refractivity contribution in [3.05, 3.63) is 106 Å². The van der Waals surface area contributed by atoms with Crippen LogP contribution in [-0.4, -0.2) is 20.5 Å². The van der Waals surface area contributed by atoms with E-state index >= 15 is 0 Å². The maximum absolute atomic E-state index is 11.1. The first-order valence-electron chi connectivity index (χ1n) is 10.9. The molecule has 2 aromatic heterocycles. The Hall–Kier alpha value is -4.69. The zero-order chi connectivity index (χ0) is 23.8. The monoisotopic (exact) mass is 443 g/mol. The summed E-state index contributed by atoms with van der Waals surface area (Å²) in [4.78, 5) is 15.9. The van der Waals surface area contributed by atoms with E-state index in [1.807, 2.05) is 42.5 Å². The van der Waals surface area contributed by atoms with Crippen molar-refractivity contribution in [1.82, 2.24) is 9.38 Å². The van der Waals surface area contributed by atoms with Crippen molar-refractivity contribution in [2.24, 2.45) is 0 Å². The molecular weight excluding hydrogens is 422 g/mol. The molecule has 5 heteroatoms. The van der Waals surface area contributed by atoms with Crippen LogP contribution in [0.5, 0.6) is 0 Å². The number of pyridine rings is 1. The van der Waals surface area contributed by atoms with Crippen LogP contribution < -0.4 is 0 Å². The fourth-order valence-corrected chi connectivity index (χ4v) is 4.13. The molecule has 0 radical (unpaired) electrons. The Labute approximate surface area is 196 Å². The highest BCUT2D eigenvalue weighted by atomic mass is 16.4. The van der Waals surface area contributed by atoms with Gasteiger partial charge in [-0.3, -0.25) is 4.40 Å². The number of imidazole rings is 1. The van der Waals surface area contributed by atoms with E-state index in [0.29, 0.717) is 11.2 Å². The second-order valence-corrected chi connectivity index (χ2v) is 8.29. The van der Waals surface area contributed by atoms with Gasteiger partial charge in [0.2, 0.25) is 0 Å². The summed E-state index contributed by atoms with van der Waals surface area (Å²) in [6.07, 6.45) is 3.77. The third kappa shape index (κ3) is 3.62. The molecule has 0 spiro atoms. The number of hydrogen-bond donors (Lipinski definition) is 1. The maximum Gasteiger partial charge on any atom is 0.335 e. The number of aromatic nitrogens is 2. The smallest absolute Gasteiger partial charge is 0.335 e. The minimum atomic E-state index is -0.961. The van der Waals surface area contributed by atoms with Crippen molar-refractivity contribution < 1.29 is 9.90 Å². The van der Waals surface area contributed by atoms with Crippen LogP contribution in [0, 0.1) is 25.2 Å². The second kappa shape index (κ2) is 8.34. The summed E-state index contributed by atoms with van der Waals surface area (Å²) in [5.74, 6) is -0.961. The zero-order valence-electron chi connectivity index (χ0n) is 18.8. The summed E-state index contributed by atoms with van der Waals surface area (Å²) in [5, 5.41) is 19.2. The largest absolute Gasteiger partial charge is 0.478 e. The lowest BCUT2D eigenvalue weighted by Gasteiger charge is -2.12. The Morgan fingerprint density at radius 1 is 0.971 bits per heavy atom. The van der Waals surface area contributed by atoms with Gasteiger partial charge in [-0.2, -0.15) is 5.26 Å². The SMILES string of the molecule is Cc1ccc(-c2cc(/C=C/c3ccc(C(=O)O)cc3)c(C#N)c3nc4ccccc4n23)cc1C. The summed E-state index contributed by atoms with van der Waals surface area (Å²) < 4.78 is 2.05. The minimum absolute atomic E-state index is 0.234. The van der Waals surface area contributed by atoms with E-state index in [4.69, 9.17) is 10.1 Å². The van der Waals surface area contributed by atoms with E-state index < -0.39 is 5.97 Å². The highest BCUT2D eigenvalue weighted by Crippen LogP contribution is 2.32. The van der Waals surface area contributed by atoms with Crippen LogP contribution in [-0.2, 0) is 0 Å². The molecule has 0 bridgehead atoms. The summed E-state index contributed by atoms with van der Waals surface area (Å²) >= 11 is 0. The Kier molecular flexibility index (Phi) is 5.19. The molecule has 5 rings (SSSR count). The number of hydrogen-bond acceptors (Lipinski definition) is 3. The van der Waals surface area contributed by atoms with E-state index in [2.05, 4.69) is 42.5 Å². The number of aryl methyl sites for hydroxylation is 2. The van der Waals surface area contributed by atoms with Crippen LogP contribution in [0.3, 0.4) is 0 Å². The molecule has 0 fully saturated rings. The summed E-state index contributed by atoms with van der Waals surface area (Å²) in [5.41, 5.74) is 9.10. The normalized spacial score (nSPS) is 11.3. The minimum Gasteiger partial charge on any atom is -0.478 e. The Bertz CT molecular complexity index is 1650. The number of aromatic carboxylic acids is 1. The average molecular weight is 444 g/mol. The number of carboxylic acid groups (broad SMARTS) is 1. The van der Waals surface area contributed by atoms with Crippen LogP contribution in [0.25, 0.3) is 40.1 Å². The van der Waals surface area contributed by atoms with Gasteiger partial charge < -0.3 is 5.11 Å². The van der Waals surface area contributed by atoms with Gasteiger partial charge in [0.05, 0.1) is 22.3 Å². The van der Waals surface area contributed by atoms with Crippen LogP contribution >= 0.6 is 0 Å². The molecule has 2 heterocycles. The molecule has 5 nitrogen and oxygen atoms in total. The third-order valence-corrected chi connectivity index (χ3v) is 6.13. The number of nitrogens with zero attached hydrogens (tertiary/aromatic N) is 3. The van der Waals surface area contributed by atoms with Gasteiger partial charge in [-0.25, -0.2) is 9.78 Å². The predicted octanol–water partition coefficient (Wildman–Crippen LogP) is 6.51. The first-order chi connectivity index (χ1) is 16.5. The van der Waals surface area contributed by atoms with Crippen molar-refractivity contribution >= 4 is 34.8 Å². The number of benzene rings is 3. The van der Waals surface area contributed by atoms with Crippen LogP contribution in [0.2, 0.25) is 0 Å². The fraction of sp³-hybridized carbons (Fsp3) is 0.0690. The molecule has 0 saturated carbocycles. The molecule has 0 unspecified atom stereocenters. The number of para-hydroxylation sites is 2. The van der Waals surface area contributed by atoms with E-state index in [1.54, 1.807) is 24.3 Å². The number of fused-ring (bicyclic) bond motifs is 3. The summed E-state index contributed by atoms with van der Waals surface area (Å²) in [6.45, 7) is 4.18. The highest BCUT2D eigenvalue weighted by Gasteiger charge is 2.17. The first kappa shape index (κ1) is 21.2. The standard InChI is InChI=1S/C29H21N3O2/c1-18-7-11-23(15-19(18)2)27-16-22(14-10-20-8-12-21(13-9-20)29(33)34)24(17-30)28-31-25-5-3-4-6-26(25)32(27)28/h3-16H,1-2H3,(H,33,34)/b14-10+. The number of carbonyl (C=O) groups is 1. The highest BCUT2D eigenvalue weighted by molar-refractivity contribution is 5.90. The Morgan fingerprint density at radius 2 is 1.74 bits per heavy atom. The summed E-state index contributed by atoms with van der Waals surface area (Å²) in [7, 11) is 0. The van der Waals surface area contributed by atoms with Gasteiger partial charge >= 0.3 is 5.97 Å². The van der Waals surface area contributed by atoms with Crippen molar-refractivity contribution in [3.63, 3.8) is 0 Å². The number of carboxylic acids is 1. The second-order valence-electron chi connectivity index (χ2n) is 8.29. The van der Waals surface area contributed by atoms with Gasteiger partial charge in [-0.15, -0.1) is 0 Å². The lowest BCUT2D eigenvalue weighted by atomic mass is 10.00. The molecular formula is C29H21N3O2. The molecule has 164 valence electrons. The van der Waals surface area contributed by atoms with Crippen molar-refractivity contribution in [2.75, 3.05) is 0 Å². The van der Waals surface area contributed by atoms with E-state index in [9.17, 15) is 10.1 Å². The Morgan fingerprint density at radius 3 is 2.44 bits per heavy atom. The van der Waals surface area contributed by atoms with Crippen molar-refractivity contribution in [2.45, 2.75) is 13.8 Å². The number of rotatable bonds is 4. The van der Waals surface area contributed by atoms with Crippen molar-refractivity contribution in [1.29, 1.82) is 5.26 Å². The zero-order valence-corrected chi connectivity index (χ0v) is 18.8. The van der Waals surface area contributed by atoms with Gasteiger partial charge in [0.15, 0.2) is 5.65 Å². The lowest BCUT2D eigenvalue weighted by molar-refractivity contribution is 0.0697. The van der Waals surface area contributed by atoms with E-state index in [1.165, 1.54) is 11.1 Å². The maximum atomic E-state index is 11.1. The van der Waals surface area contributed by atoms with Crippen molar-refractivity contribution in [3.8, 4) is 17.3 Å². The molecule has 34 heavy (non-hydrogen) atoms. The third-order valence-electron chi connectivity index (χ3n) is 6.13. The molecule has 0 amide bonds. The van der Waals surface area contributed by atoms with E-state index in [-0.39, 0.29) is 5.56 Å². The van der Waals surface area contributed by atoms with Crippen LogP contribution in [0.4, 0.5) is 0 Å². The Balaban J connectivity index is 1.75. The van der Waals surface area contributed by atoms with E-state index in [0.717, 1.165) is 33.4 Å². The quantitative estimate of drug-likeness (QED) is 0.343. The molecule has 5 aromatic rings. The fourth-order valence-electron chi connectivity index (χ4n) is 4.13. The van der Waals surface area contributed by atoms with Gasteiger partial charge in [-0.1, -0.05) is 48.6 Å². The van der Waals surface area contributed by atoms with Gasteiger partial charge in [-0.05, 0) is 78.1 Å². The lowest BCUT2D eigenvalue weighted by Crippen LogP contribution is -1.99. The van der Waals surface area contributed by atoms with Crippen LogP contribution in [0.1, 0.15) is 38.2 Å². The first-order valence-corrected chi connectivity index (χ1v) is 10.9. The molecule has 1 N–H and O–H groups in total. The predicted molar refractivity (Wildman–Crippen MR) is 135 cm³/mol.